The Hall–Kier alpha value is -2.29. The first kappa shape index (κ1) is 15.1. The van der Waals surface area contributed by atoms with Gasteiger partial charge in [0.05, 0.1) is 12.7 Å². The van der Waals surface area contributed by atoms with Gasteiger partial charge in [0.2, 0.25) is 0 Å². The maximum absolute atomic E-state index is 11.7. The van der Waals surface area contributed by atoms with E-state index in [1.165, 1.54) is 12.7 Å². The molecule has 0 aromatic heterocycles. The zero-order chi connectivity index (χ0) is 15.4. The third kappa shape index (κ3) is 3.43. The van der Waals surface area contributed by atoms with Gasteiger partial charge in [-0.25, -0.2) is 4.79 Å². The lowest BCUT2D eigenvalue weighted by Gasteiger charge is -2.14. The zero-order valence-electron chi connectivity index (χ0n) is 12.9. The van der Waals surface area contributed by atoms with Crippen molar-refractivity contribution < 1.29 is 14.3 Å². The second kappa shape index (κ2) is 6.44. The molecule has 2 rings (SSSR count). The minimum Gasteiger partial charge on any atom is -0.488 e. The number of ether oxygens (including phenoxy) is 2. The topological polar surface area (TPSA) is 35.5 Å². The summed E-state index contributed by atoms with van der Waals surface area (Å²) < 4.78 is 10.7. The largest absolute Gasteiger partial charge is 0.488 e. The van der Waals surface area contributed by atoms with Crippen molar-refractivity contribution in [2.24, 2.45) is 0 Å². The van der Waals surface area contributed by atoms with E-state index in [1.54, 1.807) is 6.07 Å². The van der Waals surface area contributed by atoms with Crippen LogP contribution in [0.5, 0.6) is 5.75 Å². The fourth-order valence-corrected chi connectivity index (χ4v) is 2.50. The number of hydrogen-bond donors (Lipinski definition) is 0. The molecule has 0 atom stereocenters. The Kier molecular flexibility index (Phi) is 4.63. The summed E-state index contributed by atoms with van der Waals surface area (Å²) >= 11 is 0. The van der Waals surface area contributed by atoms with E-state index in [-0.39, 0.29) is 5.97 Å². The molecule has 0 amide bonds. The van der Waals surface area contributed by atoms with Crippen molar-refractivity contribution in [1.82, 2.24) is 0 Å². The van der Waals surface area contributed by atoms with Gasteiger partial charge in [0.15, 0.2) is 0 Å². The highest BCUT2D eigenvalue weighted by Gasteiger charge is 2.12. The molecule has 2 aromatic carbocycles. The number of aryl methyl sites for hydroxylation is 3. The van der Waals surface area contributed by atoms with Crippen molar-refractivity contribution in [2.45, 2.75) is 27.4 Å². The van der Waals surface area contributed by atoms with E-state index in [1.807, 2.05) is 32.0 Å². The Labute approximate surface area is 125 Å². The van der Waals surface area contributed by atoms with Crippen LogP contribution in [0.3, 0.4) is 0 Å². The normalized spacial score (nSPS) is 10.3. The predicted molar refractivity (Wildman–Crippen MR) is 82.8 cm³/mol. The molecule has 0 bridgehead atoms. The molecule has 0 saturated carbocycles. The Bertz CT molecular complexity index is 636. The average molecular weight is 284 g/mol. The van der Waals surface area contributed by atoms with Gasteiger partial charge in [-0.3, -0.25) is 0 Å². The molecule has 0 spiro atoms. The van der Waals surface area contributed by atoms with Crippen LogP contribution < -0.4 is 4.74 Å². The van der Waals surface area contributed by atoms with Gasteiger partial charge in [-0.15, -0.1) is 0 Å². The van der Waals surface area contributed by atoms with Crippen LogP contribution in [0.1, 0.15) is 32.6 Å². The number of benzene rings is 2. The van der Waals surface area contributed by atoms with Crippen molar-refractivity contribution in [2.75, 3.05) is 7.11 Å². The molecule has 0 aliphatic heterocycles. The smallest absolute Gasteiger partial charge is 0.338 e. The molecule has 3 heteroatoms. The second-order valence-electron chi connectivity index (χ2n) is 5.17. The van der Waals surface area contributed by atoms with E-state index in [4.69, 9.17) is 9.47 Å². The molecular formula is C18H20O3. The SMILES string of the molecule is COC(=O)c1ccccc1COc1c(C)cc(C)cc1C. The first-order chi connectivity index (χ1) is 10.0. The predicted octanol–water partition coefficient (Wildman–Crippen LogP) is 3.98. The van der Waals surface area contributed by atoms with Crippen LogP contribution in [0, 0.1) is 20.8 Å². The standard InChI is InChI=1S/C18H20O3/c1-12-9-13(2)17(14(3)10-12)21-11-15-7-5-6-8-16(15)18(19)20-4/h5-10H,11H2,1-4H3. The van der Waals surface area contributed by atoms with E-state index in [0.717, 1.165) is 22.4 Å². The van der Waals surface area contributed by atoms with E-state index in [2.05, 4.69) is 19.1 Å². The fourth-order valence-electron chi connectivity index (χ4n) is 2.50. The van der Waals surface area contributed by atoms with Gasteiger partial charge in [-0.1, -0.05) is 35.9 Å². The van der Waals surface area contributed by atoms with Crippen molar-refractivity contribution in [1.29, 1.82) is 0 Å². The first-order valence-corrected chi connectivity index (χ1v) is 6.89. The summed E-state index contributed by atoms with van der Waals surface area (Å²) in [7, 11) is 1.38. The van der Waals surface area contributed by atoms with Gasteiger partial charge < -0.3 is 9.47 Å². The maximum atomic E-state index is 11.7. The molecule has 0 saturated heterocycles. The summed E-state index contributed by atoms with van der Waals surface area (Å²) in [5.74, 6) is 0.534. The summed E-state index contributed by atoms with van der Waals surface area (Å²) in [5.41, 5.74) is 4.78. The van der Waals surface area contributed by atoms with E-state index in [9.17, 15) is 4.79 Å². The lowest BCUT2D eigenvalue weighted by Crippen LogP contribution is -2.08. The monoisotopic (exact) mass is 284 g/mol. The summed E-state index contributed by atoms with van der Waals surface area (Å²) in [6.07, 6.45) is 0. The highest BCUT2D eigenvalue weighted by Crippen LogP contribution is 2.26. The lowest BCUT2D eigenvalue weighted by molar-refractivity contribution is 0.0597. The number of hydrogen-bond acceptors (Lipinski definition) is 3. The van der Waals surface area contributed by atoms with Crippen LogP contribution in [0.15, 0.2) is 36.4 Å². The highest BCUT2D eigenvalue weighted by molar-refractivity contribution is 5.90. The van der Waals surface area contributed by atoms with Crippen LogP contribution in [0.4, 0.5) is 0 Å². The minimum absolute atomic E-state index is 0.341. The van der Waals surface area contributed by atoms with Crippen molar-refractivity contribution in [3.63, 3.8) is 0 Å². The van der Waals surface area contributed by atoms with Crippen molar-refractivity contribution in [3.05, 3.63) is 64.2 Å². The maximum Gasteiger partial charge on any atom is 0.338 e. The van der Waals surface area contributed by atoms with E-state index >= 15 is 0 Å². The third-order valence-electron chi connectivity index (χ3n) is 3.40. The fraction of sp³-hybridized carbons (Fsp3) is 0.278. The molecule has 0 aliphatic carbocycles. The summed E-state index contributed by atoms with van der Waals surface area (Å²) in [4.78, 5) is 11.7. The van der Waals surface area contributed by atoms with Crippen molar-refractivity contribution in [3.8, 4) is 5.75 Å². The Balaban J connectivity index is 2.23. The van der Waals surface area contributed by atoms with E-state index in [0.29, 0.717) is 12.2 Å². The molecule has 2 aromatic rings. The molecule has 0 heterocycles. The van der Waals surface area contributed by atoms with Crippen molar-refractivity contribution >= 4 is 5.97 Å². The molecule has 21 heavy (non-hydrogen) atoms. The second-order valence-corrected chi connectivity index (χ2v) is 5.17. The Morgan fingerprint density at radius 3 is 2.29 bits per heavy atom. The molecule has 0 N–H and O–H groups in total. The number of carbonyl (C=O) groups is 1. The van der Waals surface area contributed by atoms with Gasteiger partial charge in [-0.2, -0.15) is 0 Å². The third-order valence-corrected chi connectivity index (χ3v) is 3.40. The summed E-state index contributed by atoms with van der Waals surface area (Å²) in [6.45, 7) is 6.47. The molecule has 110 valence electrons. The van der Waals surface area contributed by atoms with Gasteiger partial charge in [0, 0.05) is 5.56 Å². The van der Waals surface area contributed by atoms with Crippen LogP contribution in [-0.4, -0.2) is 13.1 Å². The molecule has 0 unspecified atom stereocenters. The minimum atomic E-state index is -0.341. The van der Waals surface area contributed by atoms with E-state index < -0.39 is 0 Å². The van der Waals surface area contributed by atoms with Gasteiger partial charge >= 0.3 is 5.97 Å². The van der Waals surface area contributed by atoms with Crippen LogP contribution in [0.25, 0.3) is 0 Å². The first-order valence-electron chi connectivity index (χ1n) is 6.89. The average Bonchev–Trinajstić information content (AvgIpc) is 2.45. The van der Waals surface area contributed by atoms with Gasteiger partial charge in [0.1, 0.15) is 12.4 Å². The number of rotatable bonds is 4. The molecular weight excluding hydrogens is 264 g/mol. The molecule has 0 aliphatic rings. The van der Waals surface area contributed by atoms with Gasteiger partial charge in [0.25, 0.3) is 0 Å². The van der Waals surface area contributed by atoms with Crippen LogP contribution >= 0.6 is 0 Å². The van der Waals surface area contributed by atoms with Crippen LogP contribution in [-0.2, 0) is 11.3 Å². The summed E-state index contributed by atoms with van der Waals surface area (Å²) in [6, 6.07) is 11.5. The summed E-state index contributed by atoms with van der Waals surface area (Å²) in [5, 5.41) is 0. The Morgan fingerprint density at radius 2 is 1.67 bits per heavy atom. The van der Waals surface area contributed by atoms with Gasteiger partial charge in [-0.05, 0) is 38.0 Å². The number of methoxy groups -OCH3 is 1. The number of carbonyl (C=O) groups excluding carboxylic acids is 1. The quantitative estimate of drug-likeness (QED) is 0.797. The molecule has 3 nitrogen and oxygen atoms in total. The Morgan fingerprint density at radius 1 is 1.05 bits per heavy atom. The molecule has 0 fully saturated rings. The van der Waals surface area contributed by atoms with Crippen LogP contribution in [0.2, 0.25) is 0 Å². The molecule has 0 radical (unpaired) electrons. The lowest BCUT2D eigenvalue weighted by atomic mass is 10.1. The zero-order valence-corrected chi connectivity index (χ0v) is 12.9. The highest BCUT2D eigenvalue weighted by atomic mass is 16.5. The number of esters is 1.